The van der Waals surface area contributed by atoms with Crippen molar-refractivity contribution in [1.29, 1.82) is 0 Å². The molecular formula is C10H13BrN2O2S. The van der Waals surface area contributed by atoms with Crippen molar-refractivity contribution in [3.8, 4) is 0 Å². The lowest BCUT2D eigenvalue weighted by Crippen LogP contribution is -2.24. The number of hydrogen-bond donors (Lipinski definition) is 0. The summed E-state index contributed by atoms with van der Waals surface area (Å²) < 4.78 is 5.88. The standard InChI is InChI=1S/C10H13BrN2O2S/c1-10(2,3)15-9(14)5-16-8-4-7(11)12-6-13-8/h4,6H,5H2,1-3H3. The predicted molar refractivity (Wildman–Crippen MR) is 66.3 cm³/mol. The van der Waals surface area contributed by atoms with Gasteiger partial charge in [-0.2, -0.15) is 0 Å². The highest BCUT2D eigenvalue weighted by Crippen LogP contribution is 2.18. The van der Waals surface area contributed by atoms with Crippen LogP contribution in [0.2, 0.25) is 0 Å². The van der Waals surface area contributed by atoms with Crippen LogP contribution in [0.1, 0.15) is 20.8 Å². The van der Waals surface area contributed by atoms with E-state index in [0.29, 0.717) is 4.60 Å². The monoisotopic (exact) mass is 304 g/mol. The van der Waals surface area contributed by atoms with Crippen LogP contribution >= 0.6 is 27.7 Å². The van der Waals surface area contributed by atoms with Gasteiger partial charge in [0.05, 0.1) is 5.75 Å². The first-order chi connectivity index (χ1) is 7.37. The van der Waals surface area contributed by atoms with Gasteiger partial charge in [0, 0.05) is 6.07 Å². The van der Waals surface area contributed by atoms with Crippen LogP contribution in [0.3, 0.4) is 0 Å². The number of hydrogen-bond acceptors (Lipinski definition) is 5. The second kappa shape index (κ2) is 5.63. The summed E-state index contributed by atoms with van der Waals surface area (Å²) in [5, 5.41) is 0.743. The SMILES string of the molecule is CC(C)(C)OC(=O)CSc1cc(Br)ncn1. The van der Waals surface area contributed by atoms with Gasteiger partial charge in [-0.1, -0.05) is 11.8 Å². The molecule has 0 radical (unpaired) electrons. The Morgan fingerprint density at radius 1 is 1.50 bits per heavy atom. The Labute approximate surface area is 107 Å². The van der Waals surface area contributed by atoms with Gasteiger partial charge < -0.3 is 4.74 Å². The number of rotatable bonds is 3. The Morgan fingerprint density at radius 3 is 2.75 bits per heavy atom. The number of thioether (sulfide) groups is 1. The molecule has 16 heavy (non-hydrogen) atoms. The average Bonchev–Trinajstić information content (AvgIpc) is 2.12. The number of esters is 1. The van der Waals surface area contributed by atoms with E-state index in [1.165, 1.54) is 18.1 Å². The van der Waals surface area contributed by atoms with Gasteiger partial charge in [-0.05, 0) is 36.7 Å². The molecule has 0 unspecified atom stereocenters. The lowest BCUT2D eigenvalue weighted by Gasteiger charge is -2.19. The highest BCUT2D eigenvalue weighted by molar-refractivity contribution is 9.10. The maximum atomic E-state index is 11.4. The van der Waals surface area contributed by atoms with E-state index in [2.05, 4.69) is 25.9 Å². The maximum absolute atomic E-state index is 11.4. The molecule has 1 rings (SSSR count). The largest absolute Gasteiger partial charge is 0.459 e. The van der Waals surface area contributed by atoms with Crippen LogP contribution in [0.15, 0.2) is 22.0 Å². The summed E-state index contributed by atoms with van der Waals surface area (Å²) >= 11 is 4.57. The molecule has 88 valence electrons. The highest BCUT2D eigenvalue weighted by Gasteiger charge is 2.16. The highest BCUT2D eigenvalue weighted by atomic mass is 79.9. The van der Waals surface area contributed by atoms with E-state index < -0.39 is 5.60 Å². The van der Waals surface area contributed by atoms with Gasteiger partial charge in [0.15, 0.2) is 0 Å². The minimum Gasteiger partial charge on any atom is -0.459 e. The third-order valence-electron chi connectivity index (χ3n) is 1.37. The topological polar surface area (TPSA) is 52.1 Å². The number of carbonyl (C=O) groups excluding carboxylic acids is 1. The Bertz CT molecular complexity index is 379. The minimum absolute atomic E-state index is 0.243. The first-order valence-corrected chi connectivity index (χ1v) is 6.47. The van der Waals surface area contributed by atoms with E-state index >= 15 is 0 Å². The second-order valence-electron chi connectivity index (χ2n) is 4.05. The van der Waals surface area contributed by atoms with Crippen LogP contribution in [-0.2, 0) is 9.53 Å². The number of aromatic nitrogens is 2. The molecule has 0 N–H and O–H groups in total. The normalized spacial score (nSPS) is 11.2. The molecule has 0 amide bonds. The summed E-state index contributed by atoms with van der Waals surface area (Å²) in [5.74, 6) is 0.00742. The number of ether oxygens (including phenoxy) is 1. The zero-order valence-corrected chi connectivity index (χ0v) is 11.8. The summed E-state index contributed by atoms with van der Waals surface area (Å²) in [5.41, 5.74) is -0.441. The molecule has 1 aromatic heterocycles. The number of nitrogens with zero attached hydrogens (tertiary/aromatic N) is 2. The van der Waals surface area contributed by atoms with E-state index in [1.54, 1.807) is 6.07 Å². The molecule has 1 aromatic rings. The zero-order valence-electron chi connectivity index (χ0n) is 9.36. The summed E-state index contributed by atoms with van der Waals surface area (Å²) in [4.78, 5) is 19.3. The molecule has 4 nitrogen and oxygen atoms in total. The molecule has 0 aromatic carbocycles. The van der Waals surface area contributed by atoms with Gasteiger partial charge in [-0.15, -0.1) is 0 Å². The lowest BCUT2D eigenvalue weighted by molar-refractivity contribution is -0.151. The van der Waals surface area contributed by atoms with Gasteiger partial charge >= 0.3 is 5.97 Å². The Morgan fingerprint density at radius 2 is 2.19 bits per heavy atom. The van der Waals surface area contributed by atoms with Crippen molar-refractivity contribution in [3.63, 3.8) is 0 Å². The van der Waals surface area contributed by atoms with E-state index in [1.807, 2.05) is 20.8 Å². The van der Waals surface area contributed by atoms with Crippen LogP contribution in [0.25, 0.3) is 0 Å². The van der Waals surface area contributed by atoms with Crippen LogP contribution in [0, 0.1) is 0 Å². The van der Waals surface area contributed by atoms with E-state index in [-0.39, 0.29) is 11.7 Å². The molecular weight excluding hydrogens is 292 g/mol. The molecule has 0 bridgehead atoms. The predicted octanol–water partition coefficient (Wildman–Crippen LogP) is 2.67. The smallest absolute Gasteiger partial charge is 0.316 e. The molecule has 0 fully saturated rings. The number of halogens is 1. The summed E-state index contributed by atoms with van der Waals surface area (Å²) in [6.07, 6.45) is 1.45. The second-order valence-corrected chi connectivity index (χ2v) is 5.86. The Kier molecular flexibility index (Phi) is 4.73. The molecule has 0 saturated carbocycles. The van der Waals surface area contributed by atoms with Crippen molar-refractivity contribution < 1.29 is 9.53 Å². The molecule has 6 heteroatoms. The summed E-state index contributed by atoms with van der Waals surface area (Å²) in [6.45, 7) is 5.53. The average molecular weight is 305 g/mol. The Hall–Kier alpha value is -0.620. The molecule has 0 aliphatic rings. The third-order valence-corrected chi connectivity index (χ3v) is 2.70. The van der Waals surface area contributed by atoms with Crippen molar-refractivity contribution >= 4 is 33.7 Å². The van der Waals surface area contributed by atoms with E-state index in [4.69, 9.17) is 4.74 Å². The first kappa shape index (κ1) is 13.4. The summed E-state index contributed by atoms with van der Waals surface area (Å²) in [7, 11) is 0. The third kappa shape index (κ3) is 5.46. The van der Waals surface area contributed by atoms with Crippen molar-refractivity contribution in [2.24, 2.45) is 0 Å². The fraction of sp³-hybridized carbons (Fsp3) is 0.500. The van der Waals surface area contributed by atoms with Gasteiger partial charge in [-0.25, -0.2) is 9.97 Å². The van der Waals surface area contributed by atoms with Crippen LogP contribution < -0.4 is 0 Å². The fourth-order valence-electron chi connectivity index (χ4n) is 0.900. The molecule has 0 spiro atoms. The quantitative estimate of drug-likeness (QED) is 0.488. The van der Waals surface area contributed by atoms with Gasteiger partial charge in [0.1, 0.15) is 21.6 Å². The van der Waals surface area contributed by atoms with E-state index in [0.717, 1.165) is 5.03 Å². The van der Waals surface area contributed by atoms with Crippen molar-refractivity contribution in [2.45, 2.75) is 31.4 Å². The van der Waals surface area contributed by atoms with Crippen LogP contribution in [0.5, 0.6) is 0 Å². The first-order valence-electron chi connectivity index (χ1n) is 4.69. The maximum Gasteiger partial charge on any atom is 0.316 e. The van der Waals surface area contributed by atoms with Gasteiger partial charge in [-0.3, -0.25) is 4.79 Å². The zero-order chi connectivity index (χ0) is 12.2. The number of carbonyl (C=O) groups is 1. The minimum atomic E-state index is -0.441. The van der Waals surface area contributed by atoms with Crippen molar-refractivity contribution in [2.75, 3.05) is 5.75 Å². The molecule has 1 heterocycles. The van der Waals surface area contributed by atoms with Gasteiger partial charge in [0.2, 0.25) is 0 Å². The molecule has 0 aliphatic heterocycles. The van der Waals surface area contributed by atoms with E-state index in [9.17, 15) is 4.79 Å². The van der Waals surface area contributed by atoms with Crippen LogP contribution in [0.4, 0.5) is 0 Å². The Balaban J connectivity index is 2.43. The van der Waals surface area contributed by atoms with Crippen molar-refractivity contribution in [1.82, 2.24) is 9.97 Å². The van der Waals surface area contributed by atoms with Gasteiger partial charge in [0.25, 0.3) is 0 Å². The lowest BCUT2D eigenvalue weighted by atomic mass is 10.2. The fourth-order valence-corrected chi connectivity index (χ4v) is 2.00. The van der Waals surface area contributed by atoms with Crippen LogP contribution in [-0.4, -0.2) is 27.3 Å². The molecule has 0 aliphatic carbocycles. The molecule has 0 atom stereocenters. The molecule has 0 saturated heterocycles. The van der Waals surface area contributed by atoms with Crippen molar-refractivity contribution in [3.05, 3.63) is 17.0 Å². The summed E-state index contributed by atoms with van der Waals surface area (Å²) in [6, 6.07) is 1.76.